The van der Waals surface area contributed by atoms with Crippen LogP contribution in [-0.4, -0.2) is 51.6 Å². The maximum atomic E-state index is 15.2. The predicted molar refractivity (Wildman–Crippen MR) is 107 cm³/mol. The molecule has 0 bridgehead atoms. The van der Waals surface area contributed by atoms with Gasteiger partial charge in [0.15, 0.2) is 17.4 Å². The number of aromatic nitrogens is 2. The van der Waals surface area contributed by atoms with Crippen molar-refractivity contribution >= 4 is 12.8 Å². The molecule has 0 saturated carbocycles. The molecule has 6 nitrogen and oxygen atoms in total. The highest BCUT2D eigenvalue weighted by molar-refractivity contribution is 7.77. The summed E-state index contributed by atoms with van der Waals surface area (Å²) in [5, 5.41) is 2.91. The molecular formula is C20H22F6N4O2S. The predicted octanol–water partition coefficient (Wildman–Crippen LogP) is 4.52. The molecule has 0 atom stereocenters. The molecule has 1 aromatic heterocycles. The molecule has 3 heterocycles. The third-order valence-corrected chi connectivity index (χ3v) is 6.35. The smallest absolute Gasteiger partial charge is 0.455 e. The van der Waals surface area contributed by atoms with Gasteiger partial charge in [-0.3, -0.25) is 9.21 Å². The summed E-state index contributed by atoms with van der Waals surface area (Å²) in [4.78, 5) is 5.11. The molecule has 2 aliphatic rings. The van der Waals surface area contributed by atoms with Crippen molar-refractivity contribution in [2.45, 2.75) is 50.2 Å². The number of hydrogen-bond donors (Lipinski definition) is 1. The molecule has 2 aromatic rings. The fourth-order valence-corrected chi connectivity index (χ4v) is 4.25. The van der Waals surface area contributed by atoms with Crippen molar-refractivity contribution < 1.29 is 35.6 Å². The van der Waals surface area contributed by atoms with Gasteiger partial charge in [-0.25, -0.2) is 13.2 Å². The van der Waals surface area contributed by atoms with Gasteiger partial charge in [-0.05, 0) is 43.4 Å². The summed E-state index contributed by atoms with van der Waals surface area (Å²) in [5.41, 5.74) is -1.88. The topological polar surface area (TPSA) is 54.6 Å². The van der Waals surface area contributed by atoms with E-state index in [1.165, 1.54) is 0 Å². The summed E-state index contributed by atoms with van der Waals surface area (Å²) in [7, 11) is 0. The van der Waals surface area contributed by atoms with Crippen LogP contribution in [0.25, 0.3) is 0 Å². The van der Waals surface area contributed by atoms with Crippen LogP contribution >= 0.6 is 12.8 Å². The third kappa shape index (κ3) is 5.57. The first-order valence-corrected chi connectivity index (χ1v) is 10.8. The first-order chi connectivity index (χ1) is 15.5. The average Bonchev–Trinajstić information content (AvgIpc) is 3.23. The maximum Gasteiger partial charge on any atom is 0.455 e. The lowest BCUT2D eigenvalue weighted by Crippen LogP contribution is -2.38. The molecule has 0 amide bonds. The Bertz CT molecular complexity index is 949. The van der Waals surface area contributed by atoms with Crippen molar-refractivity contribution in [3.8, 4) is 5.75 Å². The van der Waals surface area contributed by atoms with Gasteiger partial charge in [-0.15, -0.1) is 0 Å². The van der Waals surface area contributed by atoms with E-state index >= 15 is 4.39 Å². The molecule has 4 rings (SSSR count). The van der Waals surface area contributed by atoms with Crippen molar-refractivity contribution in [1.82, 2.24) is 19.3 Å². The van der Waals surface area contributed by atoms with Gasteiger partial charge in [0.25, 0.3) is 5.82 Å². The zero-order chi connectivity index (χ0) is 23.8. The Morgan fingerprint density at radius 1 is 1.09 bits per heavy atom. The van der Waals surface area contributed by atoms with Crippen LogP contribution in [-0.2, 0) is 18.4 Å². The van der Waals surface area contributed by atoms with Gasteiger partial charge in [-0.2, -0.15) is 18.2 Å². The summed E-state index contributed by atoms with van der Waals surface area (Å²) in [6.45, 7) is 1.53. The van der Waals surface area contributed by atoms with Crippen molar-refractivity contribution in [2.24, 2.45) is 0 Å². The van der Waals surface area contributed by atoms with E-state index < -0.39 is 41.2 Å². The Kier molecular flexibility index (Phi) is 6.83. The van der Waals surface area contributed by atoms with Crippen LogP contribution in [0.4, 0.5) is 26.3 Å². The van der Waals surface area contributed by atoms with E-state index in [4.69, 9.17) is 4.74 Å². The van der Waals surface area contributed by atoms with E-state index in [2.05, 4.69) is 27.5 Å². The van der Waals surface area contributed by atoms with E-state index in [9.17, 15) is 22.0 Å². The second-order valence-electron chi connectivity index (χ2n) is 8.29. The largest absolute Gasteiger partial charge is 0.484 e. The van der Waals surface area contributed by atoms with E-state index in [1.54, 1.807) is 9.21 Å². The van der Waals surface area contributed by atoms with E-state index in [-0.39, 0.29) is 30.8 Å². The number of likely N-dealkylation sites (tertiary alicyclic amines) is 1. The molecule has 13 heteroatoms. The van der Waals surface area contributed by atoms with Gasteiger partial charge >= 0.3 is 6.18 Å². The lowest BCUT2D eigenvalue weighted by atomic mass is 9.86. The summed E-state index contributed by atoms with van der Waals surface area (Å²) in [6, 6.07) is 1.96. The number of benzene rings is 1. The van der Waals surface area contributed by atoms with Crippen LogP contribution in [0.5, 0.6) is 5.75 Å². The van der Waals surface area contributed by atoms with E-state index in [0.717, 1.165) is 12.1 Å². The molecule has 2 saturated heterocycles. The van der Waals surface area contributed by atoms with Crippen molar-refractivity contribution in [3.63, 3.8) is 0 Å². The van der Waals surface area contributed by atoms with Crippen LogP contribution in [0.1, 0.15) is 43.0 Å². The van der Waals surface area contributed by atoms with E-state index in [0.29, 0.717) is 39.0 Å². The quantitative estimate of drug-likeness (QED) is 0.486. The van der Waals surface area contributed by atoms with Crippen LogP contribution in [0.3, 0.4) is 0 Å². The highest BCUT2D eigenvalue weighted by Crippen LogP contribution is 2.40. The minimum atomic E-state index is -4.68. The number of rotatable bonds is 5. The maximum absolute atomic E-state index is 15.2. The summed E-state index contributed by atoms with van der Waals surface area (Å²) in [5.74, 6) is -4.00. The molecular weight excluding hydrogens is 474 g/mol. The Labute approximate surface area is 191 Å². The monoisotopic (exact) mass is 496 g/mol. The van der Waals surface area contributed by atoms with Gasteiger partial charge < -0.3 is 9.26 Å². The first-order valence-electron chi connectivity index (χ1n) is 10.4. The summed E-state index contributed by atoms with van der Waals surface area (Å²) in [6.07, 6.45) is -4.26. The minimum absolute atomic E-state index is 0.0233. The number of halogens is 6. The SMILES string of the molecule is Fc1cc(C2(F)CCN(S)CC2)cc(F)c1OC1CCN(Cc2nc(C(F)(F)F)no2)CC1. The Morgan fingerprint density at radius 3 is 2.24 bits per heavy atom. The third-order valence-electron chi connectivity index (χ3n) is 5.95. The standard InChI is InChI=1S/C20H22F6N4O2S/c21-14-9-12(19(23)3-7-30(33)8-4-19)10-15(22)17(14)31-13-1-5-29(6-2-13)11-16-27-18(28-32-16)20(24,25)26/h9-10,13,33H,1-8,11H2. The normalized spacial score (nSPS) is 20.8. The fourth-order valence-electron chi connectivity index (χ4n) is 4.05. The lowest BCUT2D eigenvalue weighted by Gasteiger charge is -2.34. The second-order valence-corrected chi connectivity index (χ2v) is 8.86. The number of alkyl halides is 4. The molecule has 1 aromatic carbocycles. The Balaban J connectivity index is 1.34. The van der Waals surface area contributed by atoms with Gasteiger partial charge in [0, 0.05) is 26.2 Å². The minimum Gasteiger partial charge on any atom is -0.484 e. The fraction of sp³-hybridized carbons (Fsp3) is 0.600. The zero-order valence-corrected chi connectivity index (χ0v) is 18.3. The molecule has 0 spiro atoms. The van der Waals surface area contributed by atoms with Crippen molar-refractivity contribution in [1.29, 1.82) is 0 Å². The van der Waals surface area contributed by atoms with Crippen LogP contribution in [0, 0.1) is 11.6 Å². The van der Waals surface area contributed by atoms with Crippen molar-refractivity contribution in [3.05, 3.63) is 41.0 Å². The van der Waals surface area contributed by atoms with Crippen LogP contribution in [0.15, 0.2) is 16.7 Å². The molecule has 182 valence electrons. The molecule has 0 unspecified atom stereocenters. The first kappa shape index (κ1) is 24.1. The number of nitrogens with zero attached hydrogens (tertiary/aromatic N) is 4. The number of piperidine rings is 2. The molecule has 0 aliphatic carbocycles. The van der Waals surface area contributed by atoms with Gasteiger partial charge in [0.05, 0.1) is 6.54 Å². The van der Waals surface area contributed by atoms with Crippen LogP contribution < -0.4 is 4.74 Å². The second kappa shape index (κ2) is 9.34. The van der Waals surface area contributed by atoms with Crippen LogP contribution in [0.2, 0.25) is 0 Å². The molecule has 0 N–H and O–H groups in total. The summed E-state index contributed by atoms with van der Waals surface area (Å²) >= 11 is 4.17. The van der Waals surface area contributed by atoms with Gasteiger partial charge in [-0.1, -0.05) is 18.0 Å². The highest BCUT2D eigenvalue weighted by Gasteiger charge is 2.38. The van der Waals surface area contributed by atoms with Crippen molar-refractivity contribution in [2.75, 3.05) is 26.2 Å². The van der Waals surface area contributed by atoms with Gasteiger partial charge in [0.1, 0.15) is 11.8 Å². The molecule has 2 fully saturated rings. The Hall–Kier alpha value is -1.99. The number of thiol groups is 1. The average molecular weight is 496 g/mol. The Morgan fingerprint density at radius 2 is 1.70 bits per heavy atom. The lowest BCUT2D eigenvalue weighted by molar-refractivity contribution is -0.146. The van der Waals surface area contributed by atoms with Gasteiger partial charge in [0.2, 0.25) is 5.89 Å². The van der Waals surface area contributed by atoms with E-state index in [1.807, 2.05) is 0 Å². The summed E-state index contributed by atoms with van der Waals surface area (Å²) < 4.78 is 94.0. The molecule has 33 heavy (non-hydrogen) atoms. The highest BCUT2D eigenvalue weighted by atomic mass is 32.1. The number of ether oxygens (including phenoxy) is 1. The zero-order valence-electron chi connectivity index (χ0n) is 17.4. The molecule has 2 aliphatic heterocycles. The number of hydrogen-bond acceptors (Lipinski definition) is 7. The molecule has 0 radical (unpaired) electrons.